The molecule has 174 valence electrons. The molecule has 0 bridgehead atoms. The predicted octanol–water partition coefficient (Wildman–Crippen LogP) is 4.94. The number of carbonyl (C=O) groups is 1. The van der Waals surface area contributed by atoms with Gasteiger partial charge in [0.1, 0.15) is 16.9 Å². The van der Waals surface area contributed by atoms with E-state index in [9.17, 15) is 4.79 Å². The van der Waals surface area contributed by atoms with E-state index in [1.54, 1.807) is 4.90 Å². The fourth-order valence-electron chi connectivity index (χ4n) is 4.49. The number of hydrogen-bond acceptors (Lipinski definition) is 7. The molecule has 32 heavy (non-hydrogen) atoms. The van der Waals surface area contributed by atoms with E-state index in [-0.39, 0.29) is 28.7 Å². The largest absolute Gasteiger partial charge is 0.444 e. The number of carbonyl (C=O) groups excluding carboxylic acids is 1. The fraction of sp³-hybridized carbons (Fsp3) is 0.636. The molecule has 4 heterocycles. The lowest BCUT2D eigenvalue weighted by Gasteiger charge is -2.44. The molecule has 7 nitrogen and oxygen atoms in total. The van der Waals surface area contributed by atoms with Crippen LogP contribution in [0.2, 0.25) is 5.15 Å². The van der Waals surface area contributed by atoms with Crippen LogP contribution in [0.1, 0.15) is 46.7 Å². The number of anilines is 1. The normalized spacial score (nSPS) is 20.8. The average Bonchev–Trinajstić information content (AvgIpc) is 2.85. The minimum absolute atomic E-state index is 0.00915. The summed E-state index contributed by atoms with van der Waals surface area (Å²) in [5, 5.41) is 0.999. The van der Waals surface area contributed by atoms with Crippen molar-refractivity contribution in [1.29, 1.82) is 0 Å². The van der Waals surface area contributed by atoms with Gasteiger partial charge in [-0.25, -0.2) is 24.1 Å². The Morgan fingerprint density at radius 1 is 1.25 bits per heavy atom. The van der Waals surface area contributed by atoms with Gasteiger partial charge in [-0.05, 0) is 38.9 Å². The van der Waals surface area contributed by atoms with Crippen molar-refractivity contribution in [3.8, 4) is 0 Å². The number of amides is 1. The molecule has 0 aliphatic carbocycles. The number of thioether (sulfide) groups is 1. The van der Waals surface area contributed by atoms with Crippen molar-refractivity contribution in [1.82, 2.24) is 19.9 Å². The Morgan fingerprint density at radius 2 is 2.00 bits per heavy atom. The standard InChI is InChI=1S/C22H29ClFN5O2S/c1-6-12-10-13-15-17(16(24)18(23)25-13)26-20(32-7-2)27-19(15)29-9-8-28(11-14(12)29)21(30)31-22(3,4)5/h12,14H,6-11H2,1-5H3. The number of aromatic nitrogens is 3. The Balaban J connectivity index is 1.80. The van der Waals surface area contributed by atoms with E-state index < -0.39 is 11.4 Å². The zero-order chi connectivity index (χ0) is 23.2. The molecule has 2 aromatic heterocycles. The molecule has 2 aromatic rings. The first-order valence-corrected chi connectivity index (χ1v) is 12.4. The zero-order valence-electron chi connectivity index (χ0n) is 19.1. The SMILES string of the molecule is CCSc1nc2c3c(nc(Cl)c(F)c3n1)CC(CC)C1CN(C(=O)OC(C)(C)C)CCN21. The Hall–Kier alpha value is -1.87. The topological polar surface area (TPSA) is 71.5 Å². The van der Waals surface area contributed by atoms with Gasteiger partial charge in [-0.3, -0.25) is 0 Å². The van der Waals surface area contributed by atoms with Crippen LogP contribution in [0.3, 0.4) is 0 Å². The van der Waals surface area contributed by atoms with Crippen LogP contribution >= 0.6 is 23.4 Å². The van der Waals surface area contributed by atoms with Crippen LogP contribution in [0, 0.1) is 11.7 Å². The lowest BCUT2D eigenvalue weighted by atomic mass is 9.90. The van der Waals surface area contributed by atoms with Crippen LogP contribution in [0.4, 0.5) is 15.0 Å². The third-order valence-electron chi connectivity index (χ3n) is 5.92. The molecule has 4 rings (SSSR count). The summed E-state index contributed by atoms with van der Waals surface area (Å²) >= 11 is 7.63. The van der Waals surface area contributed by atoms with Crippen LogP contribution < -0.4 is 4.90 Å². The summed E-state index contributed by atoms with van der Waals surface area (Å²) in [6.07, 6.45) is 1.18. The monoisotopic (exact) mass is 481 g/mol. The van der Waals surface area contributed by atoms with E-state index in [4.69, 9.17) is 21.3 Å². The van der Waals surface area contributed by atoms with Crippen LogP contribution in [-0.4, -0.2) is 63.0 Å². The first-order chi connectivity index (χ1) is 15.1. The van der Waals surface area contributed by atoms with Gasteiger partial charge in [0.05, 0.1) is 17.1 Å². The second kappa shape index (κ2) is 8.82. The van der Waals surface area contributed by atoms with Crippen LogP contribution in [0.5, 0.6) is 0 Å². The first kappa shape index (κ1) is 23.3. The van der Waals surface area contributed by atoms with E-state index in [2.05, 4.69) is 21.8 Å². The molecule has 2 aliphatic rings. The molecule has 2 atom stereocenters. The molecule has 0 saturated carbocycles. The molecule has 0 aromatic carbocycles. The van der Waals surface area contributed by atoms with Crippen molar-refractivity contribution >= 4 is 46.2 Å². The number of fused-ring (bicyclic) bond motifs is 2. The number of rotatable bonds is 3. The van der Waals surface area contributed by atoms with E-state index in [0.29, 0.717) is 42.4 Å². The molecule has 0 N–H and O–H groups in total. The maximum Gasteiger partial charge on any atom is 0.410 e. The summed E-state index contributed by atoms with van der Waals surface area (Å²) in [5.41, 5.74) is 0.395. The van der Waals surface area contributed by atoms with Crippen molar-refractivity contribution in [2.45, 2.75) is 64.3 Å². The van der Waals surface area contributed by atoms with Gasteiger partial charge < -0.3 is 14.5 Å². The minimum Gasteiger partial charge on any atom is -0.444 e. The molecule has 1 fully saturated rings. The summed E-state index contributed by atoms with van der Waals surface area (Å²) in [7, 11) is 0. The quantitative estimate of drug-likeness (QED) is 0.349. The highest BCUT2D eigenvalue weighted by Crippen LogP contribution is 2.40. The third kappa shape index (κ3) is 4.33. The Morgan fingerprint density at radius 3 is 2.66 bits per heavy atom. The third-order valence-corrected chi connectivity index (χ3v) is 6.90. The summed E-state index contributed by atoms with van der Waals surface area (Å²) in [6, 6.07) is 0.00915. The molecular formula is C22H29ClFN5O2S. The van der Waals surface area contributed by atoms with E-state index in [1.807, 2.05) is 27.7 Å². The molecule has 0 radical (unpaired) electrons. The van der Waals surface area contributed by atoms with Crippen LogP contribution in [0.25, 0.3) is 10.9 Å². The van der Waals surface area contributed by atoms with Gasteiger partial charge in [-0.2, -0.15) is 0 Å². The predicted molar refractivity (Wildman–Crippen MR) is 125 cm³/mol. The molecular weight excluding hydrogens is 453 g/mol. The van der Waals surface area contributed by atoms with Gasteiger partial charge in [0.25, 0.3) is 0 Å². The van der Waals surface area contributed by atoms with Crippen molar-refractivity contribution < 1.29 is 13.9 Å². The average molecular weight is 482 g/mol. The maximum atomic E-state index is 15.0. The molecule has 1 saturated heterocycles. The number of hydrogen-bond donors (Lipinski definition) is 0. The van der Waals surface area contributed by atoms with E-state index in [1.165, 1.54) is 11.8 Å². The highest BCUT2D eigenvalue weighted by atomic mass is 35.5. The van der Waals surface area contributed by atoms with Gasteiger partial charge in [-0.1, -0.05) is 43.6 Å². The number of pyridine rings is 1. The summed E-state index contributed by atoms with van der Waals surface area (Å²) in [5.74, 6) is 1.04. The maximum absolute atomic E-state index is 15.0. The van der Waals surface area contributed by atoms with Gasteiger partial charge in [0.2, 0.25) is 0 Å². The lowest BCUT2D eigenvalue weighted by molar-refractivity contribution is 0.0196. The number of halogens is 2. The summed E-state index contributed by atoms with van der Waals surface area (Å²) in [6.45, 7) is 11.3. The summed E-state index contributed by atoms with van der Waals surface area (Å²) in [4.78, 5) is 30.5. The Bertz CT molecular complexity index is 1050. The van der Waals surface area contributed by atoms with Gasteiger partial charge in [0.15, 0.2) is 16.1 Å². The molecule has 1 amide bonds. The second-order valence-corrected chi connectivity index (χ2v) is 10.8. The van der Waals surface area contributed by atoms with Crippen LogP contribution in [0.15, 0.2) is 5.16 Å². The summed E-state index contributed by atoms with van der Waals surface area (Å²) < 4.78 is 20.6. The zero-order valence-corrected chi connectivity index (χ0v) is 20.7. The molecule has 0 spiro atoms. The van der Waals surface area contributed by atoms with Crippen molar-refractivity contribution in [3.05, 3.63) is 16.7 Å². The smallest absolute Gasteiger partial charge is 0.410 e. The van der Waals surface area contributed by atoms with E-state index >= 15 is 4.39 Å². The second-order valence-electron chi connectivity index (χ2n) is 9.21. The first-order valence-electron chi connectivity index (χ1n) is 11.1. The van der Waals surface area contributed by atoms with Gasteiger partial charge >= 0.3 is 6.09 Å². The molecule has 10 heteroatoms. The minimum atomic E-state index is -0.606. The Labute approximate surface area is 197 Å². The van der Waals surface area contributed by atoms with Crippen molar-refractivity contribution in [3.63, 3.8) is 0 Å². The van der Waals surface area contributed by atoms with Crippen molar-refractivity contribution in [2.24, 2.45) is 5.92 Å². The number of nitrogens with zero attached hydrogens (tertiary/aromatic N) is 5. The Kier molecular flexibility index (Phi) is 6.42. The number of ether oxygens (including phenoxy) is 1. The van der Waals surface area contributed by atoms with Crippen LogP contribution in [-0.2, 0) is 11.2 Å². The lowest BCUT2D eigenvalue weighted by Crippen LogP contribution is -2.58. The van der Waals surface area contributed by atoms with Crippen molar-refractivity contribution in [2.75, 3.05) is 30.3 Å². The molecule has 2 unspecified atom stereocenters. The molecule has 2 aliphatic heterocycles. The fourth-order valence-corrected chi connectivity index (χ4v) is 5.25. The number of piperazine rings is 1. The highest BCUT2D eigenvalue weighted by Gasteiger charge is 2.40. The van der Waals surface area contributed by atoms with Gasteiger partial charge in [-0.15, -0.1) is 0 Å². The highest BCUT2D eigenvalue weighted by molar-refractivity contribution is 7.99. The van der Waals surface area contributed by atoms with E-state index in [0.717, 1.165) is 17.9 Å². The van der Waals surface area contributed by atoms with Gasteiger partial charge in [0, 0.05) is 19.6 Å².